The van der Waals surface area contributed by atoms with Crippen LogP contribution in [-0.4, -0.2) is 25.4 Å². The summed E-state index contributed by atoms with van der Waals surface area (Å²) in [5, 5.41) is 9.38. The minimum atomic E-state index is -0.00365. The molecule has 0 bridgehead atoms. The number of hydrogen-bond donors (Lipinski definition) is 1. The second kappa shape index (κ2) is 6.85. The topological polar surface area (TPSA) is 51.8 Å². The Balaban J connectivity index is 1.92. The number of para-hydroxylation sites is 2. The van der Waals surface area contributed by atoms with Crippen LogP contribution in [0.15, 0.2) is 47.1 Å². The quantitative estimate of drug-likeness (QED) is 0.833. The van der Waals surface area contributed by atoms with Crippen molar-refractivity contribution in [3.8, 4) is 11.5 Å². The van der Waals surface area contributed by atoms with Gasteiger partial charge in [-0.1, -0.05) is 12.1 Å². The normalized spacial score (nSPS) is 12.1. The molecule has 0 saturated heterocycles. The van der Waals surface area contributed by atoms with Gasteiger partial charge in [-0.15, -0.1) is 0 Å². The summed E-state index contributed by atoms with van der Waals surface area (Å²) < 4.78 is 16.2. The van der Waals surface area contributed by atoms with Gasteiger partial charge in [0.15, 0.2) is 11.5 Å². The zero-order valence-corrected chi connectivity index (χ0v) is 10.9. The molecule has 0 aliphatic carbocycles. The fourth-order valence-corrected chi connectivity index (χ4v) is 1.84. The molecule has 102 valence electrons. The molecule has 0 saturated carbocycles. The number of methoxy groups -OCH3 is 1. The molecular weight excluding hydrogens is 244 g/mol. The molecule has 1 unspecified atom stereocenters. The van der Waals surface area contributed by atoms with Crippen LogP contribution in [-0.2, 0) is 6.42 Å². The number of furan rings is 1. The maximum absolute atomic E-state index is 9.38. The highest BCUT2D eigenvalue weighted by atomic mass is 16.5. The molecule has 0 radical (unpaired) electrons. The molecule has 1 atom stereocenters. The molecule has 0 fully saturated rings. The molecule has 0 spiro atoms. The summed E-state index contributed by atoms with van der Waals surface area (Å²) in [6.45, 7) is 0.466. The van der Waals surface area contributed by atoms with Gasteiger partial charge >= 0.3 is 0 Å². The lowest BCUT2D eigenvalue weighted by Gasteiger charge is -2.15. The van der Waals surface area contributed by atoms with Crippen LogP contribution in [0.5, 0.6) is 11.5 Å². The summed E-state index contributed by atoms with van der Waals surface area (Å²) in [5.74, 6) is 2.22. The van der Waals surface area contributed by atoms with Gasteiger partial charge in [0.25, 0.3) is 0 Å². The summed E-state index contributed by atoms with van der Waals surface area (Å²) in [5.41, 5.74) is 0. The van der Waals surface area contributed by atoms with Crippen LogP contribution < -0.4 is 9.47 Å². The lowest BCUT2D eigenvalue weighted by Crippen LogP contribution is -2.18. The van der Waals surface area contributed by atoms with Gasteiger partial charge in [-0.3, -0.25) is 0 Å². The molecule has 0 aliphatic rings. The standard InChI is InChI=1S/C15H18O4/c1-17-14-6-2-3-7-15(14)19-11-12(10-16)9-13-5-4-8-18-13/h2-8,12,16H,9-11H2,1H3. The third-order valence-corrected chi connectivity index (χ3v) is 2.87. The van der Waals surface area contributed by atoms with Gasteiger partial charge in [-0.25, -0.2) is 0 Å². The minimum Gasteiger partial charge on any atom is -0.493 e. The number of hydrogen-bond acceptors (Lipinski definition) is 4. The molecule has 1 aromatic heterocycles. The first-order valence-corrected chi connectivity index (χ1v) is 6.22. The van der Waals surface area contributed by atoms with Gasteiger partial charge in [0.1, 0.15) is 5.76 Å². The maximum atomic E-state index is 9.38. The van der Waals surface area contributed by atoms with Crippen molar-refractivity contribution in [2.75, 3.05) is 20.3 Å². The van der Waals surface area contributed by atoms with Crippen molar-refractivity contribution in [1.82, 2.24) is 0 Å². The maximum Gasteiger partial charge on any atom is 0.161 e. The van der Waals surface area contributed by atoms with E-state index in [0.29, 0.717) is 24.5 Å². The van der Waals surface area contributed by atoms with E-state index in [1.165, 1.54) is 0 Å². The molecule has 4 heteroatoms. The average molecular weight is 262 g/mol. The largest absolute Gasteiger partial charge is 0.493 e. The molecule has 1 aromatic carbocycles. The molecule has 19 heavy (non-hydrogen) atoms. The Morgan fingerprint density at radius 2 is 1.95 bits per heavy atom. The zero-order chi connectivity index (χ0) is 13.5. The highest BCUT2D eigenvalue weighted by Crippen LogP contribution is 2.26. The molecular formula is C15H18O4. The van der Waals surface area contributed by atoms with Crippen molar-refractivity contribution in [2.24, 2.45) is 5.92 Å². The zero-order valence-electron chi connectivity index (χ0n) is 10.9. The Bertz CT molecular complexity index is 479. The van der Waals surface area contributed by atoms with Crippen molar-refractivity contribution in [3.63, 3.8) is 0 Å². The first kappa shape index (κ1) is 13.5. The summed E-state index contributed by atoms with van der Waals surface area (Å²) in [7, 11) is 1.61. The van der Waals surface area contributed by atoms with E-state index in [1.54, 1.807) is 13.4 Å². The van der Waals surface area contributed by atoms with Gasteiger partial charge in [0.2, 0.25) is 0 Å². The molecule has 4 nitrogen and oxygen atoms in total. The Kier molecular flexibility index (Phi) is 4.86. The average Bonchev–Trinajstić information content (AvgIpc) is 2.96. The van der Waals surface area contributed by atoms with Crippen LogP contribution in [0.25, 0.3) is 0 Å². The van der Waals surface area contributed by atoms with E-state index >= 15 is 0 Å². The Morgan fingerprint density at radius 3 is 2.58 bits per heavy atom. The van der Waals surface area contributed by atoms with E-state index in [4.69, 9.17) is 13.9 Å². The highest BCUT2D eigenvalue weighted by Gasteiger charge is 2.12. The number of rotatable bonds is 7. The van der Waals surface area contributed by atoms with Crippen LogP contribution in [0.2, 0.25) is 0 Å². The van der Waals surface area contributed by atoms with Gasteiger partial charge in [0, 0.05) is 18.9 Å². The predicted molar refractivity (Wildman–Crippen MR) is 71.5 cm³/mol. The summed E-state index contributed by atoms with van der Waals surface area (Å²) in [6.07, 6.45) is 2.28. The van der Waals surface area contributed by atoms with Crippen molar-refractivity contribution >= 4 is 0 Å². The lowest BCUT2D eigenvalue weighted by atomic mass is 10.1. The van der Waals surface area contributed by atoms with Crippen molar-refractivity contribution < 1.29 is 19.0 Å². The van der Waals surface area contributed by atoms with E-state index in [1.807, 2.05) is 36.4 Å². The number of ether oxygens (including phenoxy) is 2. The van der Waals surface area contributed by atoms with E-state index < -0.39 is 0 Å². The van der Waals surface area contributed by atoms with E-state index in [9.17, 15) is 5.11 Å². The fourth-order valence-electron chi connectivity index (χ4n) is 1.84. The van der Waals surface area contributed by atoms with Gasteiger partial charge in [-0.2, -0.15) is 0 Å². The van der Waals surface area contributed by atoms with Gasteiger partial charge in [-0.05, 0) is 24.3 Å². The predicted octanol–water partition coefficient (Wildman–Crippen LogP) is 2.52. The van der Waals surface area contributed by atoms with Crippen molar-refractivity contribution in [2.45, 2.75) is 6.42 Å². The second-order valence-electron chi connectivity index (χ2n) is 4.29. The Labute approximate surface area is 112 Å². The Hall–Kier alpha value is -1.94. The number of aliphatic hydroxyl groups is 1. The molecule has 2 aromatic rings. The third kappa shape index (κ3) is 3.76. The van der Waals surface area contributed by atoms with E-state index in [0.717, 1.165) is 5.76 Å². The van der Waals surface area contributed by atoms with Crippen LogP contribution >= 0.6 is 0 Å². The second-order valence-corrected chi connectivity index (χ2v) is 4.29. The summed E-state index contributed by atoms with van der Waals surface area (Å²) in [4.78, 5) is 0. The molecule has 0 aliphatic heterocycles. The molecule has 2 rings (SSSR count). The summed E-state index contributed by atoms with van der Waals surface area (Å²) >= 11 is 0. The van der Waals surface area contributed by atoms with Crippen molar-refractivity contribution in [1.29, 1.82) is 0 Å². The first-order valence-electron chi connectivity index (χ1n) is 6.22. The molecule has 0 amide bonds. The molecule has 1 N–H and O–H groups in total. The molecule has 1 heterocycles. The van der Waals surface area contributed by atoms with Gasteiger partial charge in [0.05, 0.1) is 20.0 Å². The third-order valence-electron chi connectivity index (χ3n) is 2.87. The Morgan fingerprint density at radius 1 is 1.16 bits per heavy atom. The van der Waals surface area contributed by atoms with Gasteiger partial charge < -0.3 is 19.0 Å². The highest BCUT2D eigenvalue weighted by molar-refractivity contribution is 5.39. The number of benzene rings is 1. The van der Waals surface area contributed by atoms with Crippen LogP contribution in [0.3, 0.4) is 0 Å². The monoisotopic (exact) mass is 262 g/mol. The van der Waals surface area contributed by atoms with Crippen LogP contribution in [0.1, 0.15) is 5.76 Å². The first-order chi connectivity index (χ1) is 9.33. The number of aliphatic hydroxyl groups excluding tert-OH is 1. The fraction of sp³-hybridized carbons (Fsp3) is 0.333. The van der Waals surface area contributed by atoms with Crippen LogP contribution in [0.4, 0.5) is 0 Å². The summed E-state index contributed by atoms with van der Waals surface area (Å²) in [6, 6.07) is 11.2. The van der Waals surface area contributed by atoms with E-state index in [-0.39, 0.29) is 12.5 Å². The lowest BCUT2D eigenvalue weighted by molar-refractivity contribution is 0.155. The van der Waals surface area contributed by atoms with Crippen molar-refractivity contribution in [3.05, 3.63) is 48.4 Å². The SMILES string of the molecule is COc1ccccc1OCC(CO)Cc1ccco1. The minimum absolute atomic E-state index is 0.00365. The van der Waals surface area contributed by atoms with Crippen LogP contribution in [0, 0.1) is 5.92 Å². The van der Waals surface area contributed by atoms with E-state index in [2.05, 4.69) is 0 Å². The smallest absolute Gasteiger partial charge is 0.161 e.